The van der Waals surface area contributed by atoms with Crippen LogP contribution in [0, 0.1) is 0 Å². The Morgan fingerprint density at radius 1 is 0.935 bits per heavy atom. The standard InChI is InChI=1S/C32H34F6N4O4/c1-30(2,3)46-29(45)42-14-12-21(13-15-42)19-5-9-24(10-6-19)40-28-39-18-25(32(36,37)38)26(41-28)11-7-20-4-8-23(31(33,34)35)16-22(20)17-27(43)44/h4-6,8-10,16,18,21H,7,11-15,17H2,1-3H3,(H,43,44)(H,39,40,41). The van der Waals surface area contributed by atoms with E-state index in [1.54, 1.807) is 17.0 Å². The predicted octanol–water partition coefficient (Wildman–Crippen LogP) is 7.78. The van der Waals surface area contributed by atoms with Crippen molar-refractivity contribution < 1.29 is 45.8 Å². The largest absolute Gasteiger partial charge is 0.481 e. The number of ether oxygens (including phenoxy) is 1. The number of piperidine rings is 1. The number of nitrogens with zero attached hydrogens (tertiary/aromatic N) is 3. The number of likely N-dealkylation sites (tertiary alicyclic amines) is 1. The van der Waals surface area contributed by atoms with Gasteiger partial charge in [0.1, 0.15) is 5.60 Å². The van der Waals surface area contributed by atoms with Crippen LogP contribution in [0.4, 0.5) is 42.8 Å². The van der Waals surface area contributed by atoms with Gasteiger partial charge in [0.25, 0.3) is 0 Å². The van der Waals surface area contributed by atoms with E-state index in [0.29, 0.717) is 31.0 Å². The number of anilines is 2. The van der Waals surface area contributed by atoms with Gasteiger partial charge in [-0.2, -0.15) is 26.3 Å². The van der Waals surface area contributed by atoms with Crippen LogP contribution < -0.4 is 5.32 Å². The van der Waals surface area contributed by atoms with Crippen molar-refractivity contribution in [2.45, 2.75) is 76.7 Å². The van der Waals surface area contributed by atoms with Gasteiger partial charge < -0.3 is 20.1 Å². The summed E-state index contributed by atoms with van der Waals surface area (Å²) in [4.78, 5) is 33.2. The number of carbonyl (C=O) groups excluding carboxylic acids is 1. The first kappa shape index (κ1) is 34.5. The van der Waals surface area contributed by atoms with E-state index in [1.807, 2.05) is 32.9 Å². The molecular weight excluding hydrogens is 618 g/mol. The van der Waals surface area contributed by atoms with Crippen molar-refractivity contribution in [3.8, 4) is 0 Å². The topological polar surface area (TPSA) is 105 Å². The molecule has 2 aromatic carbocycles. The molecule has 4 rings (SSSR count). The first-order valence-electron chi connectivity index (χ1n) is 14.6. The molecule has 0 radical (unpaired) electrons. The Kier molecular flexibility index (Phi) is 10.2. The zero-order valence-corrected chi connectivity index (χ0v) is 25.4. The third kappa shape index (κ3) is 9.33. The summed E-state index contributed by atoms with van der Waals surface area (Å²) in [6, 6.07) is 9.82. The Hall–Kier alpha value is -4.36. The van der Waals surface area contributed by atoms with Crippen LogP contribution in [-0.2, 0) is 41.1 Å². The van der Waals surface area contributed by atoms with Crippen LogP contribution in [0.15, 0.2) is 48.7 Å². The van der Waals surface area contributed by atoms with E-state index < -0.39 is 41.5 Å². The molecule has 14 heteroatoms. The first-order valence-corrected chi connectivity index (χ1v) is 14.6. The molecule has 1 aliphatic rings. The lowest BCUT2D eigenvalue weighted by molar-refractivity contribution is -0.139. The number of halogens is 6. The zero-order valence-electron chi connectivity index (χ0n) is 25.4. The van der Waals surface area contributed by atoms with E-state index in [1.165, 1.54) is 0 Å². The summed E-state index contributed by atoms with van der Waals surface area (Å²) in [5.74, 6) is -1.28. The third-order valence-electron chi connectivity index (χ3n) is 7.46. The van der Waals surface area contributed by atoms with Gasteiger partial charge in [-0.15, -0.1) is 0 Å². The molecule has 46 heavy (non-hydrogen) atoms. The van der Waals surface area contributed by atoms with Crippen LogP contribution in [-0.4, -0.2) is 50.7 Å². The zero-order chi connectivity index (χ0) is 33.9. The van der Waals surface area contributed by atoms with Crippen molar-refractivity contribution in [1.82, 2.24) is 14.9 Å². The second kappa shape index (κ2) is 13.6. The lowest BCUT2D eigenvalue weighted by Crippen LogP contribution is -2.41. The smallest absolute Gasteiger partial charge is 0.419 e. The first-order chi connectivity index (χ1) is 21.4. The third-order valence-corrected chi connectivity index (χ3v) is 7.46. The van der Waals surface area contributed by atoms with E-state index in [2.05, 4.69) is 15.3 Å². The minimum absolute atomic E-state index is 0.111. The number of carboxylic acid groups (broad SMARTS) is 1. The lowest BCUT2D eigenvalue weighted by Gasteiger charge is -2.33. The normalized spacial score (nSPS) is 14.7. The summed E-state index contributed by atoms with van der Waals surface area (Å²) in [5, 5.41) is 12.1. The summed E-state index contributed by atoms with van der Waals surface area (Å²) >= 11 is 0. The highest BCUT2D eigenvalue weighted by atomic mass is 19.4. The summed E-state index contributed by atoms with van der Waals surface area (Å²) in [7, 11) is 0. The van der Waals surface area contributed by atoms with Gasteiger partial charge in [0.05, 0.1) is 23.2 Å². The van der Waals surface area contributed by atoms with Gasteiger partial charge in [0, 0.05) is 25.0 Å². The van der Waals surface area contributed by atoms with Crippen LogP contribution in [0.25, 0.3) is 0 Å². The number of aryl methyl sites for hydroxylation is 2. The van der Waals surface area contributed by atoms with Gasteiger partial charge in [-0.25, -0.2) is 14.8 Å². The summed E-state index contributed by atoms with van der Waals surface area (Å²) in [6.07, 6.45) is -8.95. The molecule has 1 amide bonds. The quantitative estimate of drug-likeness (QED) is 0.240. The number of carbonyl (C=O) groups is 2. The van der Waals surface area contributed by atoms with E-state index in [0.717, 1.165) is 30.5 Å². The molecule has 2 heterocycles. The van der Waals surface area contributed by atoms with Crippen molar-refractivity contribution >= 4 is 23.7 Å². The molecule has 0 atom stereocenters. The average molecular weight is 653 g/mol. The molecule has 0 bridgehead atoms. The molecule has 3 aromatic rings. The maximum Gasteiger partial charge on any atom is 0.419 e. The lowest BCUT2D eigenvalue weighted by atomic mass is 9.89. The van der Waals surface area contributed by atoms with Crippen LogP contribution >= 0.6 is 0 Å². The fourth-order valence-electron chi connectivity index (χ4n) is 5.22. The number of aliphatic carboxylic acids is 1. The molecule has 248 valence electrons. The van der Waals surface area contributed by atoms with Gasteiger partial charge in [0.15, 0.2) is 0 Å². The Morgan fingerprint density at radius 2 is 1.59 bits per heavy atom. The van der Waals surface area contributed by atoms with Gasteiger partial charge >= 0.3 is 24.4 Å². The van der Waals surface area contributed by atoms with Gasteiger partial charge in [-0.1, -0.05) is 18.2 Å². The monoisotopic (exact) mass is 652 g/mol. The molecule has 1 fully saturated rings. The highest BCUT2D eigenvalue weighted by molar-refractivity contribution is 5.71. The summed E-state index contributed by atoms with van der Waals surface area (Å²) < 4.78 is 86.4. The fourth-order valence-corrected chi connectivity index (χ4v) is 5.22. The van der Waals surface area contributed by atoms with Crippen molar-refractivity contribution in [2.75, 3.05) is 18.4 Å². The van der Waals surface area contributed by atoms with Crippen LogP contribution in [0.5, 0.6) is 0 Å². The molecule has 0 spiro atoms. The number of hydrogen-bond acceptors (Lipinski definition) is 6. The van der Waals surface area contributed by atoms with Crippen LogP contribution in [0.2, 0.25) is 0 Å². The minimum Gasteiger partial charge on any atom is -0.481 e. The van der Waals surface area contributed by atoms with Crippen molar-refractivity contribution in [1.29, 1.82) is 0 Å². The maximum atomic E-state index is 13.8. The highest BCUT2D eigenvalue weighted by Crippen LogP contribution is 2.34. The molecule has 1 aliphatic heterocycles. The molecule has 2 N–H and O–H groups in total. The Labute approximate surface area is 261 Å². The minimum atomic E-state index is -4.79. The van der Waals surface area contributed by atoms with Crippen molar-refractivity contribution in [2.24, 2.45) is 0 Å². The molecule has 8 nitrogen and oxygen atoms in total. The highest BCUT2D eigenvalue weighted by Gasteiger charge is 2.35. The number of nitrogens with one attached hydrogen (secondary N) is 1. The second-order valence-corrected chi connectivity index (χ2v) is 12.1. The fraction of sp³-hybridized carbons (Fsp3) is 0.438. The van der Waals surface area contributed by atoms with E-state index in [4.69, 9.17) is 4.74 Å². The van der Waals surface area contributed by atoms with Gasteiger partial charge in [-0.3, -0.25) is 4.79 Å². The van der Waals surface area contributed by atoms with E-state index >= 15 is 0 Å². The SMILES string of the molecule is CC(C)(C)OC(=O)N1CCC(c2ccc(Nc3ncc(C(F)(F)F)c(CCc4ccc(C(F)(F)F)cc4CC(=O)O)n3)cc2)CC1. The number of carboxylic acids is 1. The Bertz CT molecular complexity index is 1540. The summed E-state index contributed by atoms with van der Waals surface area (Å²) in [6.45, 7) is 6.53. The number of aromatic nitrogens is 2. The Morgan fingerprint density at radius 3 is 2.15 bits per heavy atom. The maximum absolute atomic E-state index is 13.8. The van der Waals surface area contributed by atoms with E-state index in [9.17, 15) is 41.0 Å². The van der Waals surface area contributed by atoms with E-state index in [-0.39, 0.29) is 47.6 Å². The van der Waals surface area contributed by atoms with Crippen LogP contribution in [0.1, 0.15) is 73.0 Å². The summed E-state index contributed by atoms with van der Waals surface area (Å²) in [5.41, 5.74) is -1.52. The molecule has 1 aromatic heterocycles. The predicted molar refractivity (Wildman–Crippen MR) is 157 cm³/mol. The number of hydrogen-bond donors (Lipinski definition) is 2. The van der Waals surface area contributed by atoms with Gasteiger partial charge in [0.2, 0.25) is 5.95 Å². The second-order valence-electron chi connectivity index (χ2n) is 12.1. The number of rotatable bonds is 8. The molecular formula is C32H34F6N4O4. The number of benzene rings is 2. The van der Waals surface area contributed by atoms with Gasteiger partial charge in [-0.05, 0) is 93.3 Å². The molecule has 0 aliphatic carbocycles. The van der Waals surface area contributed by atoms with Crippen molar-refractivity contribution in [3.05, 3.63) is 82.2 Å². The van der Waals surface area contributed by atoms with Crippen LogP contribution in [0.3, 0.4) is 0 Å². The Balaban J connectivity index is 1.46. The number of alkyl halides is 6. The van der Waals surface area contributed by atoms with Crippen molar-refractivity contribution in [3.63, 3.8) is 0 Å². The molecule has 1 saturated heterocycles. The molecule has 0 saturated carbocycles. The average Bonchev–Trinajstić information content (AvgIpc) is 2.95. The number of amides is 1. The molecule has 0 unspecified atom stereocenters.